The summed E-state index contributed by atoms with van der Waals surface area (Å²) in [5.74, 6) is 6.18. The molecule has 0 saturated carbocycles. The van der Waals surface area contributed by atoms with Gasteiger partial charge >= 0.3 is 0 Å². The number of nitrogens with one attached hydrogen (secondary N) is 1. The van der Waals surface area contributed by atoms with E-state index in [-0.39, 0.29) is 37.8 Å². The second-order valence-electron chi connectivity index (χ2n) is 8.75. The molecule has 37 heavy (non-hydrogen) atoms. The van der Waals surface area contributed by atoms with Crippen LogP contribution in [0.25, 0.3) is 22.5 Å². The van der Waals surface area contributed by atoms with E-state index in [4.69, 9.17) is 15.3 Å². The second-order valence-corrected chi connectivity index (χ2v) is 8.75. The molecule has 3 aromatic rings. The van der Waals surface area contributed by atoms with Crippen molar-refractivity contribution in [1.29, 1.82) is 0 Å². The van der Waals surface area contributed by atoms with E-state index in [2.05, 4.69) is 5.32 Å². The third kappa shape index (κ3) is 5.69. The summed E-state index contributed by atoms with van der Waals surface area (Å²) in [6, 6.07) is 15.5. The second kappa shape index (κ2) is 12.3. The van der Waals surface area contributed by atoms with Gasteiger partial charge in [0.25, 0.3) is 6.47 Å². The Morgan fingerprint density at radius 2 is 1.76 bits per heavy atom. The molecule has 2 aromatic carbocycles. The van der Waals surface area contributed by atoms with Gasteiger partial charge in [-0.3, -0.25) is 19.1 Å². The van der Waals surface area contributed by atoms with Crippen LogP contribution in [0.3, 0.4) is 0 Å². The number of para-hydroxylation sites is 1. The van der Waals surface area contributed by atoms with Gasteiger partial charge < -0.3 is 25.5 Å². The standard InChI is InChI=1S/C27H33N5O5/c1-2-15-36-16-12-24(34)29-13-11-25(35)30-18-20-7-3-4-8-21(20)27-26(22-9-5-6-10-23(22)30)31(32(27)28)14-17-37-19-33/h3-10,19H,2,11-18,28H2,1H3,(H,29,34). The van der Waals surface area contributed by atoms with Crippen LogP contribution >= 0.6 is 0 Å². The molecular formula is C27H33N5O5. The van der Waals surface area contributed by atoms with Crippen LogP contribution in [-0.4, -0.2) is 54.1 Å². The van der Waals surface area contributed by atoms with Crippen LogP contribution in [0.2, 0.25) is 0 Å². The van der Waals surface area contributed by atoms with Crippen LogP contribution in [-0.2, 0) is 36.9 Å². The number of carbonyl (C=O) groups is 3. The molecule has 1 aliphatic heterocycles. The highest BCUT2D eigenvalue weighted by atomic mass is 16.5. The van der Waals surface area contributed by atoms with Gasteiger partial charge in [0.15, 0.2) is 0 Å². The summed E-state index contributed by atoms with van der Waals surface area (Å²) in [6.07, 6.45) is 1.33. The molecule has 10 nitrogen and oxygen atoms in total. The van der Waals surface area contributed by atoms with E-state index < -0.39 is 0 Å². The van der Waals surface area contributed by atoms with Crippen molar-refractivity contribution in [1.82, 2.24) is 14.8 Å². The van der Waals surface area contributed by atoms with Crippen LogP contribution < -0.4 is 16.1 Å². The molecule has 4 rings (SSSR count). The summed E-state index contributed by atoms with van der Waals surface area (Å²) in [5, 5.41) is 2.82. The molecule has 196 valence electrons. The van der Waals surface area contributed by atoms with E-state index in [1.165, 1.54) is 0 Å². The number of fused-ring (bicyclic) bond motifs is 5. The molecular weight excluding hydrogens is 474 g/mol. The first-order valence-corrected chi connectivity index (χ1v) is 12.5. The van der Waals surface area contributed by atoms with Crippen molar-refractivity contribution in [2.45, 2.75) is 39.3 Å². The maximum absolute atomic E-state index is 13.5. The van der Waals surface area contributed by atoms with Crippen LogP contribution in [0.15, 0.2) is 48.5 Å². The van der Waals surface area contributed by atoms with Crippen LogP contribution in [0, 0.1) is 0 Å². The van der Waals surface area contributed by atoms with E-state index in [9.17, 15) is 14.4 Å². The Hall–Kier alpha value is -4.05. The number of benzene rings is 2. The number of nitrogens with zero attached hydrogens (tertiary/aromatic N) is 3. The lowest BCUT2D eigenvalue weighted by molar-refractivity contribution is -0.129. The van der Waals surface area contributed by atoms with Crippen LogP contribution in [0.5, 0.6) is 0 Å². The number of nitrogens with two attached hydrogens (primary N) is 1. The molecule has 0 unspecified atom stereocenters. The Kier molecular flexibility index (Phi) is 8.63. The Morgan fingerprint density at radius 1 is 1.00 bits per heavy atom. The number of rotatable bonds is 12. The lowest BCUT2D eigenvalue weighted by Crippen LogP contribution is -2.38. The van der Waals surface area contributed by atoms with Crippen LogP contribution in [0.4, 0.5) is 5.69 Å². The third-order valence-electron chi connectivity index (χ3n) is 6.30. The predicted molar refractivity (Wildman–Crippen MR) is 140 cm³/mol. The number of amides is 2. The molecule has 0 bridgehead atoms. The van der Waals surface area contributed by atoms with E-state index in [1.807, 2.05) is 60.1 Å². The first-order chi connectivity index (χ1) is 18.1. The van der Waals surface area contributed by atoms with Gasteiger partial charge in [-0.25, -0.2) is 0 Å². The maximum Gasteiger partial charge on any atom is 0.293 e. The highest BCUT2D eigenvalue weighted by molar-refractivity contribution is 6.00. The van der Waals surface area contributed by atoms with E-state index >= 15 is 0 Å². The summed E-state index contributed by atoms with van der Waals surface area (Å²) in [7, 11) is 0. The van der Waals surface area contributed by atoms with Gasteiger partial charge in [0.05, 0.1) is 31.1 Å². The molecule has 10 heteroatoms. The molecule has 2 amide bonds. The lowest BCUT2D eigenvalue weighted by atomic mass is 9.94. The molecule has 0 atom stereocenters. The summed E-state index contributed by atoms with van der Waals surface area (Å²) < 4.78 is 12.1. The van der Waals surface area contributed by atoms with Crippen molar-refractivity contribution in [3.8, 4) is 22.5 Å². The normalized spacial score (nSPS) is 12.1. The van der Waals surface area contributed by atoms with Gasteiger partial charge in [-0.15, -0.1) is 0 Å². The number of anilines is 1. The average molecular weight is 508 g/mol. The zero-order valence-electron chi connectivity index (χ0n) is 21.0. The fourth-order valence-electron chi connectivity index (χ4n) is 4.56. The Balaban J connectivity index is 1.59. The number of nitrogen functional groups attached to an aromatic ring is 1. The van der Waals surface area contributed by atoms with E-state index in [0.717, 1.165) is 40.2 Å². The first-order valence-electron chi connectivity index (χ1n) is 12.5. The van der Waals surface area contributed by atoms with Crippen molar-refractivity contribution in [2.75, 3.05) is 37.1 Å². The topological polar surface area (TPSA) is 121 Å². The minimum Gasteiger partial charge on any atom is -0.466 e. The summed E-state index contributed by atoms with van der Waals surface area (Å²) in [5.41, 5.74) is 5.19. The third-order valence-corrected chi connectivity index (χ3v) is 6.30. The predicted octanol–water partition coefficient (Wildman–Crippen LogP) is 2.68. The SMILES string of the molecule is CCCOCCC(=O)NCCC(=O)N1Cc2ccccc2-c2c(n(CCOC=O)n2N)-c2ccccc21. The Bertz CT molecular complexity index is 1250. The quantitative estimate of drug-likeness (QED) is 0.221. The van der Waals surface area contributed by atoms with Crippen molar-refractivity contribution in [3.05, 3.63) is 54.1 Å². The molecule has 0 fully saturated rings. The van der Waals surface area contributed by atoms with Gasteiger partial charge in [0.1, 0.15) is 12.3 Å². The number of aromatic nitrogens is 2. The molecule has 1 aromatic heterocycles. The van der Waals surface area contributed by atoms with Crippen LogP contribution in [0.1, 0.15) is 31.7 Å². The number of hydrogen-bond donors (Lipinski definition) is 2. The van der Waals surface area contributed by atoms with Crippen molar-refractivity contribution in [3.63, 3.8) is 0 Å². The Morgan fingerprint density at radius 3 is 2.54 bits per heavy atom. The fourth-order valence-corrected chi connectivity index (χ4v) is 4.56. The molecule has 0 saturated heterocycles. The summed E-state index contributed by atoms with van der Waals surface area (Å²) >= 11 is 0. The molecule has 0 radical (unpaired) electrons. The van der Waals surface area contributed by atoms with Gasteiger partial charge in [-0.2, -0.15) is 4.79 Å². The molecule has 0 spiro atoms. The van der Waals surface area contributed by atoms with E-state index in [0.29, 0.717) is 32.8 Å². The molecule has 1 aliphatic rings. The summed E-state index contributed by atoms with van der Waals surface area (Å²) in [4.78, 5) is 39.6. The number of ether oxygens (including phenoxy) is 2. The number of hydrogen-bond acceptors (Lipinski definition) is 6. The zero-order chi connectivity index (χ0) is 26.2. The lowest BCUT2D eigenvalue weighted by Gasteiger charge is -2.35. The fraction of sp³-hybridized carbons (Fsp3) is 0.370. The van der Waals surface area contributed by atoms with Gasteiger partial charge in [-0.1, -0.05) is 49.4 Å². The molecule has 3 N–H and O–H groups in total. The van der Waals surface area contributed by atoms with Crippen molar-refractivity contribution < 1.29 is 23.9 Å². The van der Waals surface area contributed by atoms with Gasteiger partial charge in [-0.05, 0) is 18.1 Å². The van der Waals surface area contributed by atoms with Crippen molar-refractivity contribution >= 4 is 24.0 Å². The first kappa shape index (κ1) is 26.0. The maximum atomic E-state index is 13.5. The highest BCUT2D eigenvalue weighted by Crippen LogP contribution is 2.43. The minimum atomic E-state index is -0.136. The monoisotopic (exact) mass is 507 g/mol. The van der Waals surface area contributed by atoms with Crippen molar-refractivity contribution in [2.24, 2.45) is 0 Å². The van der Waals surface area contributed by atoms with Gasteiger partial charge in [0, 0.05) is 37.1 Å². The largest absolute Gasteiger partial charge is 0.466 e. The van der Waals surface area contributed by atoms with E-state index in [1.54, 1.807) is 9.69 Å². The minimum absolute atomic E-state index is 0.103. The smallest absolute Gasteiger partial charge is 0.293 e. The highest BCUT2D eigenvalue weighted by Gasteiger charge is 2.31. The Labute approximate surface area is 215 Å². The molecule has 0 aliphatic carbocycles. The average Bonchev–Trinajstić information content (AvgIpc) is 2.90. The molecule has 2 heterocycles. The zero-order valence-corrected chi connectivity index (χ0v) is 21.0. The summed E-state index contributed by atoms with van der Waals surface area (Å²) in [6.45, 7) is 4.57. The number of carbonyl (C=O) groups excluding carboxylic acids is 3. The van der Waals surface area contributed by atoms with Gasteiger partial charge in [0.2, 0.25) is 11.8 Å².